The van der Waals surface area contributed by atoms with Crippen LogP contribution in [0, 0.1) is 0 Å². The zero-order valence-corrected chi connectivity index (χ0v) is 9.83. The molecule has 0 amide bonds. The Kier molecular flexibility index (Phi) is 2.06. The van der Waals surface area contributed by atoms with Crippen LogP contribution in [0.2, 0.25) is 0 Å². The molecule has 1 nitrogen and oxygen atoms in total. The maximum atomic E-state index is 2.35. The van der Waals surface area contributed by atoms with Gasteiger partial charge in [-0.15, -0.1) is 0 Å². The number of fused-ring (bicyclic) bond motifs is 1. The number of benzene rings is 1. The van der Waals surface area contributed by atoms with Crippen molar-refractivity contribution in [3.05, 3.63) is 53.1 Å². The first-order valence-corrected chi connectivity index (χ1v) is 5.81. The number of allylic oxidation sites excluding steroid dienone is 4. The predicted octanol–water partition coefficient (Wildman–Crippen LogP) is 3.23. The Balaban J connectivity index is 2.08. The minimum absolute atomic E-state index is 1.08. The van der Waals surface area contributed by atoms with Crippen molar-refractivity contribution in [3.63, 3.8) is 0 Å². The summed E-state index contributed by atoms with van der Waals surface area (Å²) in [4.78, 5) is 0. The molecule has 0 aromatic heterocycles. The van der Waals surface area contributed by atoms with E-state index in [4.69, 9.17) is 0 Å². The minimum Gasteiger partial charge on any atom is -0.198 e. The van der Waals surface area contributed by atoms with Crippen LogP contribution in [0.1, 0.15) is 18.9 Å². The smallest absolute Gasteiger partial charge is 0.198 e. The van der Waals surface area contributed by atoms with E-state index in [-0.39, 0.29) is 0 Å². The van der Waals surface area contributed by atoms with Gasteiger partial charge in [0.1, 0.15) is 7.05 Å². The lowest BCUT2D eigenvalue weighted by molar-refractivity contribution is -0.401. The molecule has 1 heteroatoms. The quantitative estimate of drug-likeness (QED) is 0.626. The third-order valence-corrected chi connectivity index (χ3v) is 3.63. The van der Waals surface area contributed by atoms with E-state index < -0.39 is 0 Å². The van der Waals surface area contributed by atoms with Crippen molar-refractivity contribution in [1.82, 2.24) is 0 Å². The molecule has 0 saturated carbocycles. The molecular weight excluding hydrogens is 194 g/mol. The van der Waals surface area contributed by atoms with Crippen LogP contribution >= 0.6 is 0 Å². The highest BCUT2D eigenvalue weighted by atomic mass is 15.0. The summed E-state index contributed by atoms with van der Waals surface area (Å²) in [6, 6.07) is 8.69. The van der Waals surface area contributed by atoms with Gasteiger partial charge in [0, 0.05) is 17.2 Å². The Morgan fingerprint density at radius 3 is 2.69 bits per heavy atom. The molecule has 3 rings (SSSR count). The molecule has 1 heterocycles. The molecule has 0 unspecified atom stereocenters. The molecule has 1 aliphatic heterocycles. The fourth-order valence-corrected chi connectivity index (χ4v) is 2.70. The second-order valence-electron chi connectivity index (χ2n) is 4.58. The highest BCUT2D eigenvalue weighted by Crippen LogP contribution is 2.30. The summed E-state index contributed by atoms with van der Waals surface area (Å²) in [7, 11) is 2.18. The van der Waals surface area contributed by atoms with Gasteiger partial charge >= 0.3 is 0 Å². The normalized spacial score (nSPS) is 18.6. The van der Waals surface area contributed by atoms with Crippen LogP contribution in [0.5, 0.6) is 0 Å². The van der Waals surface area contributed by atoms with E-state index in [1.54, 1.807) is 0 Å². The lowest BCUT2D eigenvalue weighted by atomic mass is 10.0. The first kappa shape index (κ1) is 9.59. The largest absolute Gasteiger partial charge is 0.208 e. The monoisotopic (exact) mass is 210 g/mol. The molecule has 1 aliphatic carbocycles. The van der Waals surface area contributed by atoms with Gasteiger partial charge in [-0.25, -0.2) is 0 Å². The Bertz CT molecular complexity index is 544. The Morgan fingerprint density at radius 2 is 2.00 bits per heavy atom. The summed E-state index contributed by atoms with van der Waals surface area (Å²) in [6.07, 6.45) is 6.67. The standard InChI is InChI=1S/C15H16N/c1-11-6-5-8-13(11)15-10-12-7-3-4-9-14(12)16(15)2/h3-7,9H,8,10H2,1-2H3/q+1. The van der Waals surface area contributed by atoms with Gasteiger partial charge in [0.15, 0.2) is 5.71 Å². The van der Waals surface area contributed by atoms with Gasteiger partial charge in [0.05, 0.1) is 6.42 Å². The molecule has 0 atom stereocenters. The highest BCUT2D eigenvalue weighted by Gasteiger charge is 2.30. The van der Waals surface area contributed by atoms with Crippen LogP contribution in [-0.4, -0.2) is 17.3 Å². The second-order valence-corrected chi connectivity index (χ2v) is 4.58. The van der Waals surface area contributed by atoms with E-state index in [1.807, 2.05) is 0 Å². The average Bonchev–Trinajstić information content (AvgIpc) is 2.84. The number of nitrogens with zero attached hydrogens (tertiary/aromatic N) is 1. The van der Waals surface area contributed by atoms with Crippen molar-refractivity contribution < 1.29 is 4.58 Å². The van der Waals surface area contributed by atoms with Crippen LogP contribution in [0.25, 0.3) is 0 Å². The topological polar surface area (TPSA) is 3.01 Å². The van der Waals surface area contributed by atoms with E-state index in [9.17, 15) is 0 Å². The fraction of sp³-hybridized carbons (Fsp3) is 0.267. The lowest BCUT2D eigenvalue weighted by Crippen LogP contribution is -2.11. The Morgan fingerprint density at radius 1 is 1.19 bits per heavy atom. The summed E-state index contributed by atoms with van der Waals surface area (Å²) in [5, 5.41) is 0. The molecule has 0 saturated heterocycles. The number of hydrogen-bond acceptors (Lipinski definition) is 0. The molecule has 0 fully saturated rings. The molecule has 0 radical (unpaired) electrons. The zero-order valence-electron chi connectivity index (χ0n) is 9.83. The summed E-state index contributed by atoms with van der Waals surface area (Å²) in [5.74, 6) is 0. The van der Waals surface area contributed by atoms with E-state index >= 15 is 0 Å². The molecule has 0 N–H and O–H groups in total. The van der Waals surface area contributed by atoms with Crippen molar-refractivity contribution in [3.8, 4) is 0 Å². The SMILES string of the molecule is CC1=C(C2=[N+](C)c3ccccc3C2)CC=C1. The van der Waals surface area contributed by atoms with Gasteiger partial charge in [0.2, 0.25) is 5.69 Å². The van der Waals surface area contributed by atoms with E-state index in [0.29, 0.717) is 0 Å². The number of hydrogen-bond donors (Lipinski definition) is 0. The number of rotatable bonds is 1. The van der Waals surface area contributed by atoms with Crippen molar-refractivity contribution in [1.29, 1.82) is 0 Å². The van der Waals surface area contributed by atoms with Crippen molar-refractivity contribution in [2.24, 2.45) is 0 Å². The minimum atomic E-state index is 1.08. The molecule has 1 aromatic carbocycles. The van der Waals surface area contributed by atoms with Gasteiger partial charge in [-0.05, 0) is 18.9 Å². The van der Waals surface area contributed by atoms with Gasteiger partial charge in [-0.1, -0.05) is 30.4 Å². The van der Waals surface area contributed by atoms with Crippen molar-refractivity contribution in [2.45, 2.75) is 19.8 Å². The summed E-state index contributed by atoms with van der Waals surface area (Å²) >= 11 is 0. The van der Waals surface area contributed by atoms with E-state index in [1.165, 1.54) is 28.1 Å². The third-order valence-electron chi connectivity index (χ3n) is 3.63. The first-order valence-electron chi connectivity index (χ1n) is 5.81. The molecule has 1 aromatic rings. The second kappa shape index (κ2) is 3.44. The van der Waals surface area contributed by atoms with Crippen molar-refractivity contribution >= 4 is 11.4 Å². The first-order chi connectivity index (χ1) is 7.77. The van der Waals surface area contributed by atoms with E-state index in [2.05, 4.69) is 55.0 Å². The average molecular weight is 210 g/mol. The van der Waals surface area contributed by atoms with E-state index in [0.717, 1.165) is 12.8 Å². The number of para-hydroxylation sites is 1. The van der Waals surface area contributed by atoms with Crippen LogP contribution in [-0.2, 0) is 6.42 Å². The van der Waals surface area contributed by atoms with Gasteiger partial charge < -0.3 is 0 Å². The summed E-state index contributed by atoms with van der Waals surface area (Å²) in [6.45, 7) is 2.21. The summed E-state index contributed by atoms with van der Waals surface area (Å²) in [5.41, 5.74) is 7.23. The third kappa shape index (κ3) is 1.28. The van der Waals surface area contributed by atoms with Crippen LogP contribution in [0.15, 0.2) is 47.6 Å². The van der Waals surface area contributed by atoms with Crippen LogP contribution < -0.4 is 0 Å². The molecule has 80 valence electrons. The lowest BCUT2D eigenvalue weighted by Gasteiger charge is -2.00. The molecule has 0 bridgehead atoms. The predicted molar refractivity (Wildman–Crippen MR) is 67.5 cm³/mol. The molecule has 0 spiro atoms. The summed E-state index contributed by atoms with van der Waals surface area (Å²) < 4.78 is 2.35. The molecular formula is C15H16N+. The van der Waals surface area contributed by atoms with Gasteiger partial charge in [-0.3, -0.25) is 0 Å². The fourth-order valence-electron chi connectivity index (χ4n) is 2.70. The van der Waals surface area contributed by atoms with Gasteiger partial charge in [-0.2, -0.15) is 4.58 Å². The Hall–Kier alpha value is -1.63. The maximum Gasteiger partial charge on any atom is 0.208 e. The Labute approximate surface area is 96.4 Å². The maximum absolute atomic E-state index is 2.35. The molecule has 2 aliphatic rings. The molecule has 16 heavy (non-hydrogen) atoms. The highest BCUT2D eigenvalue weighted by molar-refractivity contribution is 6.02. The van der Waals surface area contributed by atoms with Crippen LogP contribution in [0.4, 0.5) is 5.69 Å². The zero-order chi connectivity index (χ0) is 11.1. The van der Waals surface area contributed by atoms with Crippen LogP contribution in [0.3, 0.4) is 0 Å². The van der Waals surface area contributed by atoms with Gasteiger partial charge in [0.25, 0.3) is 0 Å². The van der Waals surface area contributed by atoms with Crippen molar-refractivity contribution in [2.75, 3.05) is 7.05 Å².